The van der Waals surface area contributed by atoms with Gasteiger partial charge < -0.3 is 9.73 Å². The van der Waals surface area contributed by atoms with Crippen LogP contribution in [0.3, 0.4) is 0 Å². The monoisotopic (exact) mass is 309 g/mol. The molecule has 0 aliphatic carbocycles. The molecule has 1 amide bonds. The number of nitrogens with one attached hydrogen (secondary N) is 1. The standard InChI is InChI=1S/C18H15NO2S/c20-18(19-13-15-8-4-10-21-15)17(12-16-9-5-11-22-16)14-6-2-1-3-7-14/h1-12H,13H2,(H,19,20). The summed E-state index contributed by atoms with van der Waals surface area (Å²) in [7, 11) is 0. The van der Waals surface area contributed by atoms with Gasteiger partial charge in [-0.1, -0.05) is 36.4 Å². The molecule has 0 aliphatic rings. The number of thiophene rings is 1. The topological polar surface area (TPSA) is 42.2 Å². The van der Waals surface area contributed by atoms with Crippen molar-refractivity contribution >= 4 is 28.9 Å². The van der Waals surface area contributed by atoms with E-state index in [1.165, 1.54) is 0 Å². The molecule has 1 aromatic carbocycles. The highest BCUT2D eigenvalue weighted by molar-refractivity contribution is 7.11. The summed E-state index contributed by atoms with van der Waals surface area (Å²) in [6.45, 7) is 0.375. The summed E-state index contributed by atoms with van der Waals surface area (Å²) in [6, 6.07) is 17.3. The Morgan fingerprint density at radius 1 is 1.09 bits per heavy atom. The van der Waals surface area contributed by atoms with Crippen molar-refractivity contribution < 1.29 is 9.21 Å². The first kappa shape index (κ1) is 14.4. The molecular weight excluding hydrogens is 294 g/mol. The Morgan fingerprint density at radius 2 is 1.95 bits per heavy atom. The summed E-state index contributed by atoms with van der Waals surface area (Å²) in [5.41, 5.74) is 1.54. The molecule has 110 valence electrons. The second-order valence-corrected chi connectivity index (χ2v) is 5.68. The second-order valence-electron chi connectivity index (χ2n) is 4.70. The van der Waals surface area contributed by atoms with Crippen molar-refractivity contribution in [1.82, 2.24) is 5.32 Å². The van der Waals surface area contributed by atoms with E-state index in [0.29, 0.717) is 12.1 Å². The average Bonchev–Trinajstić information content (AvgIpc) is 3.24. The van der Waals surface area contributed by atoms with Gasteiger partial charge in [-0.15, -0.1) is 11.3 Å². The first-order valence-electron chi connectivity index (χ1n) is 6.94. The van der Waals surface area contributed by atoms with Gasteiger partial charge in [0.15, 0.2) is 0 Å². The number of rotatable bonds is 5. The lowest BCUT2D eigenvalue weighted by Gasteiger charge is -2.08. The predicted octanol–water partition coefficient (Wildman–Crippen LogP) is 4.20. The lowest BCUT2D eigenvalue weighted by atomic mass is 10.0. The van der Waals surface area contributed by atoms with Gasteiger partial charge >= 0.3 is 0 Å². The van der Waals surface area contributed by atoms with Crippen LogP contribution in [0, 0.1) is 0 Å². The Labute approximate surface area is 132 Å². The van der Waals surface area contributed by atoms with E-state index in [2.05, 4.69) is 5.32 Å². The molecule has 22 heavy (non-hydrogen) atoms. The van der Waals surface area contributed by atoms with Crippen molar-refractivity contribution in [2.45, 2.75) is 6.54 Å². The zero-order valence-electron chi connectivity index (χ0n) is 11.9. The fraction of sp³-hybridized carbons (Fsp3) is 0.0556. The minimum absolute atomic E-state index is 0.115. The van der Waals surface area contributed by atoms with Crippen LogP contribution in [0.1, 0.15) is 16.2 Å². The number of hydrogen-bond donors (Lipinski definition) is 1. The van der Waals surface area contributed by atoms with Crippen LogP contribution in [0.15, 0.2) is 70.7 Å². The summed E-state index contributed by atoms with van der Waals surface area (Å²) in [6.07, 6.45) is 3.51. The smallest absolute Gasteiger partial charge is 0.252 e. The molecule has 3 aromatic rings. The van der Waals surface area contributed by atoms with Gasteiger partial charge in [0.25, 0.3) is 5.91 Å². The van der Waals surface area contributed by atoms with Gasteiger partial charge in [-0.25, -0.2) is 0 Å². The minimum atomic E-state index is -0.115. The lowest BCUT2D eigenvalue weighted by molar-refractivity contribution is -0.115. The van der Waals surface area contributed by atoms with Crippen molar-refractivity contribution in [3.8, 4) is 0 Å². The first-order chi connectivity index (χ1) is 10.8. The highest BCUT2D eigenvalue weighted by Crippen LogP contribution is 2.21. The Balaban J connectivity index is 1.83. The van der Waals surface area contributed by atoms with Gasteiger partial charge in [-0.05, 0) is 35.2 Å². The number of carbonyl (C=O) groups excluding carboxylic acids is 1. The van der Waals surface area contributed by atoms with Gasteiger partial charge in [0.1, 0.15) is 5.76 Å². The molecule has 0 atom stereocenters. The van der Waals surface area contributed by atoms with E-state index < -0.39 is 0 Å². The number of carbonyl (C=O) groups is 1. The quantitative estimate of drug-likeness (QED) is 0.718. The van der Waals surface area contributed by atoms with Crippen LogP contribution in [0.25, 0.3) is 11.6 Å². The van der Waals surface area contributed by atoms with E-state index >= 15 is 0 Å². The third kappa shape index (κ3) is 3.54. The van der Waals surface area contributed by atoms with Gasteiger partial charge in [0, 0.05) is 10.5 Å². The van der Waals surface area contributed by atoms with Gasteiger partial charge in [0.2, 0.25) is 0 Å². The third-order valence-electron chi connectivity index (χ3n) is 3.16. The van der Waals surface area contributed by atoms with Gasteiger partial charge in [-0.3, -0.25) is 4.79 Å². The Bertz CT molecular complexity index is 744. The summed E-state index contributed by atoms with van der Waals surface area (Å²) in [5.74, 6) is 0.618. The highest BCUT2D eigenvalue weighted by atomic mass is 32.1. The molecule has 0 bridgehead atoms. The van der Waals surface area contributed by atoms with Crippen LogP contribution in [-0.4, -0.2) is 5.91 Å². The molecule has 1 N–H and O–H groups in total. The molecule has 2 aromatic heterocycles. The van der Waals surface area contributed by atoms with E-state index in [1.54, 1.807) is 23.7 Å². The van der Waals surface area contributed by atoms with Crippen molar-refractivity contribution in [2.24, 2.45) is 0 Å². The predicted molar refractivity (Wildman–Crippen MR) is 89.2 cm³/mol. The van der Waals surface area contributed by atoms with Crippen LogP contribution in [-0.2, 0) is 11.3 Å². The molecule has 0 spiro atoms. The molecule has 0 radical (unpaired) electrons. The molecule has 0 saturated carbocycles. The molecule has 0 saturated heterocycles. The van der Waals surface area contributed by atoms with Crippen LogP contribution in [0.5, 0.6) is 0 Å². The second kappa shape index (κ2) is 6.91. The van der Waals surface area contributed by atoms with E-state index in [1.807, 2.05) is 60.0 Å². The maximum atomic E-state index is 12.5. The van der Waals surface area contributed by atoms with Gasteiger partial charge in [-0.2, -0.15) is 0 Å². The minimum Gasteiger partial charge on any atom is -0.467 e. The van der Waals surface area contributed by atoms with Crippen LogP contribution in [0.2, 0.25) is 0 Å². The molecule has 0 fully saturated rings. The Hall–Kier alpha value is -2.59. The fourth-order valence-electron chi connectivity index (χ4n) is 2.09. The van der Waals surface area contributed by atoms with E-state index in [4.69, 9.17) is 4.42 Å². The van der Waals surface area contributed by atoms with Crippen LogP contribution >= 0.6 is 11.3 Å². The average molecular weight is 309 g/mol. The maximum Gasteiger partial charge on any atom is 0.252 e. The fourth-order valence-corrected chi connectivity index (χ4v) is 2.75. The van der Waals surface area contributed by atoms with Gasteiger partial charge in [0.05, 0.1) is 12.8 Å². The number of benzene rings is 1. The van der Waals surface area contributed by atoms with Crippen LogP contribution in [0.4, 0.5) is 0 Å². The van der Waals surface area contributed by atoms with Crippen LogP contribution < -0.4 is 5.32 Å². The molecule has 3 nitrogen and oxygen atoms in total. The maximum absolute atomic E-state index is 12.5. The molecule has 2 heterocycles. The summed E-state index contributed by atoms with van der Waals surface area (Å²) in [4.78, 5) is 13.6. The van der Waals surface area contributed by atoms with E-state index in [0.717, 1.165) is 16.2 Å². The lowest BCUT2D eigenvalue weighted by Crippen LogP contribution is -2.23. The van der Waals surface area contributed by atoms with Crippen molar-refractivity contribution in [1.29, 1.82) is 0 Å². The molecular formula is C18H15NO2S. The zero-order valence-corrected chi connectivity index (χ0v) is 12.7. The van der Waals surface area contributed by atoms with Crippen molar-refractivity contribution in [3.63, 3.8) is 0 Å². The molecule has 4 heteroatoms. The van der Waals surface area contributed by atoms with Crippen molar-refractivity contribution in [3.05, 3.63) is 82.4 Å². The summed E-state index contributed by atoms with van der Waals surface area (Å²) < 4.78 is 5.24. The molecule has 3 rings (SSSR count). The zero-order chi connectivity index (χ0) is 15.2. The highest BCUT2D eigenvalue weighted by Gasteiger charge is 2.12. The van der Waals surface area contributed by atoms with Crippen molar-refractivity contribution in [2.75, 3.05) is 0 Å². The van der Waals surface area contributed by atoms with E-state index in [9.17, 15) is 4.79 Å². The Kier molecular flexibility index (Phi) is 4.51. The summed E-state index contributed by atoms with van der Waals surface area (Å²) >= 11 is 1.60. The third-order valence-corrected chi connectivity index (χ3v) is 3.98. The summed E-state index contributed by atoms with van der Waals surface area (Å²) in [5, 5.41) is 4.89. The number of hydrogen-bond acceptors (Lipinski definition) is 3. The van der Waals surface area contributed by atoms with E-state index in [-0.39, 0.29) is 5.91 Å². The number of amides is 1. The largest absolute Gasteiger partial charge is 0.467 e. The molecule has 0 unspecified atom stereocenters. The SMILES string of the molecule is O=C(NCc1ccco1)C(=Cc1cccs1)c1ccccc1. The Morgan fingerprint density at radius 3 is 2.64 bits per heavy atom. The normalized spacial score (nSPS) is 11.4. The first-order valence-corrected chi connectivity index (χ1v) is 7.82. The number of furan rings is 1. The molecule has 0 aliphatic heterocycles.